The number of halogens is 1. The molecule has 1 aliphatic carbocycles. The highest BCUT2D eigenvalue weighted by atomic mass is 32.2. The quantitative estimate of drug-likeness (QED) is 0.261. The number of allylic oxidation sites excluding steroid dienone is 2. The Balaban J connectivity index is 0.986. The van der Waals surface area contributed by atoms with Gasteiger partial charge in [0.1, 0.15) is 17.3 Å². The molecule has 3 aromatic rings. The molecule has 9 nitrogen and oxygen atoms in total. The van der Waals surface area contributed by atoms with E-state index in [9.17, 15) is 14.0 Å². The molecule has 1 aromatic heterocycles. The molecule has 1 saturated carbocycles. The first-order chi connectivity index (χ1) is 24.4. The van der Waals surface area contributed by atoms with Crippen LogP contribution in [0.25, 0.3) is 11.1 Å². The van der Waals surface area contributed by atoms with Gasteiger partial charge >= 0.3 is 6.03 Å². The van der Waals surface area contributed by atoms with E-state index in [-0.39, 0.29) is 24.0 Å². The molecule has 5 heterocycles. The van der Waals surface area contributed by atoms with E-state index >= 15 is 0 Å². The Kier molecular flexibility index (Phi) is 9.26. The van der Waals surface area contributed by atoms with Crippen molar-refractivity contribution in [2.45, 2.75) is 76.5 Å². The molecule has 50 heavy (non-hydrogen) atoms. The molecule has 2 N–H and O–H groups in total. The minimum absolute atomic E-state index is 0.00631. The highest BCUT2D eigenvalue weighted by Crippen LogP contribution is 2.40. The number of carbonyl (C=O) groups excluding carboxylic acids is 2. The van der Waals surface area contributed by atoms with Crippen LogP contribution in [0, 0.1) is 0 Å². The van der Waals surface area contributed by atoms with Crippen LogP contribution >= 0.6 is 11.8 Å². The van der Waals surface area contributed by atoms with Crippen molar-refractivity contribution in [3.63, 3.8) is 0 Å². The summed E-state index contributed by atoms with van der Waals surface area (Å²) in [6.07, 6.45) is 9.75. The highest BCUT2D eigenvalue weighted by Gasteiger charge is 2.42. The first-order valence-electron chi connectivity index (χ1n) is 18.0. The van der Waals surface area contributed by atoms with Crippen molar-refractivity contribution in [2.75, 3.05) is 29.5 Å². The second-order valence-electron chi connectivity index (χ2n) is 14.0. The van der Waals surface area contributed by atoms with E-state index < -0.39 is 5.95 Å². The van der Waals surface area contributed by atoms with Gasteiger partial charge in [0, 0.05) is 80.1 Å². The van der Waals surface area contributed by atoms with Crippen molar-refractivity contribution in [3.8, 4) is 11.1 Å². The third-order valence-electron chi connectivity index (χ3n) is 10.7. The maximum atomic E-state index is 14.7. The maximum Gasteiger partial charge on any atom is 0.334 e. The number of benzene rings is 2. The number of aromatic nitrogens is 2. The van der Waals surface area contributed by atoms with E-state index in [1.165, 1.54) is 23.1 Å². The summed E-state index contributed by atoms with van der Waals surface area (Å²) in [6, 6.07) is 16.2. The number of dihydropyridines is 1. The first kappa shape index (κ1) is 32.8. The maximum absolute atomic E-state index is 14.7. The number of anilines is 1. The number of amides is 3. The van der Waals surface area contributed by atoms with Crippen molar-refractivity contribution < 1.29 is 14.0 Å². The van der Waals surface area contributed by atoms with Crippen LogP contribution in [0.2, 0.25) is 0 Å². The number of hydrogen-bond donors (Lipinski definition) is 2. The smallest absolute Gasteiger partial charge is 0.334 e. The molecule has 8 rings (SSSR count). The molecular formula is C39H44FN7O2S. The number of thioether (sulfide) groups is 1. The SMILES string of the molecule is C=C1C2=C(NC(F)=CC2)N(c2cccc(-c3ccc(CN4CCSCC4)cc3)c2)C(=O)N1C1CCC(NC(=O)c2cn3c(n2)CCCC3)CC1. The van der Waals surface area contributed by atoms with Crippen LogP contribution in [0.3, 0.4) is 0 Å². The molecular weight excluding hydrogens is 650 g/mol. The summed E-state index contributed by atoms with van der Waals surface area (Å²) in [5.41, 5.74) is 5.88. The lowest BCUT2D eigenvalue weighted by molar-refractivity contribution is 0.0911. The third-order valence-corrected chi connectivity index (χ3v) is 11.7. The number of carbonyl (C=O) groups is 2. The Morgan fingerprint density at radius 1 is 1.02 bits per heavy atom. The van der Waals surface area contributed by atoms with Gasteiger partial charge in [0.25, 0.3) is 5.91 Å². The fourth-order valence-electron chi connectivity index (χ4n) is 7.96. The van der Waals surface area contributed by atoms with Gasteiger partial charge in [0.15, 0.2) is 5.95 Å². The zero-order chi connectivity index (χ0) is 34.2. The normalized spacial score (nSPS) is 22.9. The molecule has 260 valence electrons. The van der Waals surface area contributed by atoms with Crippen LogP contribution in [-0.2, 0) is 19.5 Å². The molecule has 2 fully saturated rings. The Morgan fingerprint density at radius 2 is 1.82 bits per heavy atom. The second kappa shape index (κ2) is 14.1. The molecule has 0 unspecified atom stereocenters. The molecule has 0 radical (unpaired) electrons. The molecule has 0 bridgehead atoms. The lowest BCUT2D eigenvalue weighted by Gasteiger charge is -2.45. The summed E-state index contributed by atoms with van der Waals surface area (Å²) >= 11 is 2.02. The molecule has 0 spiro atoms. The Bertz CT molecular complexity index is 1830. The zero-order valence-electron chi connectivity index (χ0n) is 28.4. The van der Waals surface area contributed by atoms with Crippen molar-refractivity contribution in [2.24, 2.45) is 0 Å². The Morgan fingerprint density at radius 3 is 2.60 bits per heavy atom. The number of fused-ring (bicyclic) bond motifs is 1. The van der Waals surface area contributed by atoms with Crippen molar-refractivity contribution in [1.29, 1.82) is 0 Å². The van der Waals surface area contributed by atoms with Gasteiger partial charge < -0.3 is 15.2 Å². The van der Waals surface area contributed by atoms with E-state index in [0.717, 1.165) is 80.8 Å². The summed E-state index contributed by atoms with van der Waals surface area (Å²) < 4.78 is 16.8. The Hall–Kier alpha value is -4.35. The minimum atomic E-state index is -0.475. The van der Waals surface area contributed by atoms with Gasteiger partial charge in [0.2, 0.25) is 0 Å². The van der Waals surface area contributed by atoms with Gasteiger partial charge in [-0.05, 0) is 73.4 Å². The van der Waals surface area contributed by atoms with E-state index in [0.29, 0.717) is 42.2 Å². The third kappa shape index (κ3) is 6.60. The van der Waals surface area contributed by atoms with Gasteiger partial charge in [-0.1, -0.05) is 43.0 Å². The number of nitrogens with one attached hydrogen (secondary N) is 2. The lowest BCUT2D eigenvalue weighted by atomic mass is 9.88. The van der Waals surface area contributed by atoms with Gasteiger partial charge in [-0.15, -0.1) is 0 Å². The lowest BCUT2D eigenvalue weighted by Crippen LogP contribution is -2.55. The van der Waals surface area contributed by atoms with Crippen LogP contribution in [0.15, 0.2) is 90.4 Å². The van der Waals surface area contributed by atoms with Crippen molar-refractivity contribution in [1.82, 2.24) is 30.0 Å². The number of urea groups is 1. The molecule has 4 aliphatic heterocycles. The summed E-state index contributed by atoms with van der Waals surface area (Å²) in [6.45, 7) is 8.46. The topological polar surface area (TPSA) is 85.7 Å². The molecule has 3 amide bonds. The number of aryl methyl sites for hydroxylation is 2. The van der Waals surface area contributed by atoms with Crippen LogP contribution in [0.4, 0.5) is 14.9 Å². The number of rotatable bonds is 7. The average Bonchev–Trinajstić information content (AvgIpc) is 3.58. The van der Waals surface area contributed by atoms with Gasteiger partial charge in [-0.25, -0.2) is 14.7 Å². The van der Waals surface area contributed by atoms with Crippen molar-refractivity contribution in [3.05, 3.63) is 108 Å². The standard InChI is InChI=1S/C39H44FN7O2S/c1-26-33-16-17-35(40)43-37(33)47(32-6-4-5-29(23-32)28-10-8-27(9-11-28)24-44-19-21-50-22-20-44)39(49)46(26)31-14-12-30(13-15-31)41-38(48)34-25-45-18-3-2-7-36(45)42-34/h4-6,8-11,17,23,25,30-31,43H,1-3,7,12-16,18-22,24H2,(H,41,48). The van der Waals surface area contributed by atoms with E-state index in [2.05, 4.69) is 55.9 Å². The first-order valence-corrected chi connectivity index (χ1v) is 19.1. The van der Waals surface area contributed by atoms with E-state index in [1.807, 2.05) is 42.2 Å². The number of imidazole rings is 1. The minimum Gasteiger partial charge on any atom is -0.348 e. The summed E-state index contributed by atoms with van der Waals surface area (Å²) in [7, 11) is 0. The largest absolute Gasteiger partial charge is 0.348 e. The van der Waals surface area contributed by atoms with Gasteiger partial charge in [-0.3, -0.25) is 14.6 Å². The highest BCUT2D eigenvalue weighted by molar-refractivity contribution is 7.99. The average molecular weight is 694 g/mol. The Labute approximate surface area is 297 Å². The van der Waals surface area contributed by atoms with Crippen LogP contribution in [-0.4, -0.2) is 68.0 Å². The monoisotopic (exact) mass is 693 g/mol. The molecule has 0 atom stereocenters. The van der Waals surface area contributed by atoms with Crippen LogP contribution < -0.4 is 15.5 Å². The molecule has 5 aliphatic rings. The molecule has 11 heteroatoms. The summed E-state index contributed by atoms with van der Waals surface area (Å²) in [4.78, 5) is 38.1. The number of nitrogens with zero attached hydrogens (tertiary/aromatic N) is 5. The second-order valence-corrected chi connectivity index (χ2v) is 15.2. The summed E-state index contributed by atoms with van der Waals surface area (Å²) in [5, 5.41) is 6.05. The van der Waals surface area contributed by atoms with Crippen LogP contribution in [0.1, 0.15) is 66.8 Å². The van der Waals surface area contributed by atoms with Gasteiger partial charge in [-0.2, -0.15) is 16.2 Å². The molecule has 2 aromatic carbocycles. The summed E-state index contributed by atoms with van der Waals surface area (Å²) in [5.74, 6) is 3.18. The van der Waals surface area contributed by atoms with Crippen LogP contribution in [0.5, 0.6) is 0 Å². The predicted molar refractivity (Wildman–Crippen MR) is 196 cm³/mol. The van der Waals surface area contributed by atoms with Crippen molar-refractivity contribution >= 4 is 29.4 Å². The predicted octanol–water partition coefficient (Wildman–Crippen LogP) is 6.95. The zero-order valence-corrected chi connectivity index (χ0v) is 29.2. The molecule has 1 saturated heterocycles. The fraction of sp³-hybridized carbons (Fsp3) is 0.410. The van der Waals surface area contributed by atoms with E-state index in [1.54, 1.807) is 9.80 Å². The fourth-order valence-corrected chi connectivity index (χ4v) is 8.94. The van der Waals surface area contributed by atoms with Gasteiger partial charge in [0.05, 0.1) is 5.69 Å². The van der Waals surface area contributed by atoms with E-state index in [4.69, 9.17) is 0 Å². The number of hydrogen-bond acceptors (Lipinski definition) is 6.